The number of carbonyl (C=O) groups excluding carboxylic acids is 1. The number of fused-ring (bicyclic) bond motifs is 1. The van der Waals surface area contributed by atoms with Crippen molar-refractivity contribution in [3.8, 4) is 5.75 Å². The summed E-state index contributed by atoms with van der Waals surface area (Å²) in [4.78, 5) is 18.8. The Morgan fingerprint density at radius 1 is 1.16 bits per heavy atom. The zero-order valence-corrected chi connectivity index (χ0v) is 17.6. The average Bonchev–Trinajstić information content (AvgIpc) is 3.21. The molecule has 1 aliphatic heterocycles. The smallest absolute Gasteiger partial charge is 0.254 e. The molecule has 0 saturated heterocycles. The van der Waals surface area contributed by atoms with Crippen molar-refractivity contribution in [2.45, 2.75) is 12.8 Å². The number of rotatable bonds is 7. The number of aliphatic hydroxyl groups excluding tert-OH is 1. The first-order valence-electron chi connectivity index (χ1n) is 10.3. The van der Waals surface area contributed by atoms with Gasteiger partial charge in [0.05, 0.1) is 19.3 Å². The van der Waals surface area contributed by atoms with Crippen LogP contribution in [0, 0.1) is 11.6 Å². The van der Waals surface area contributed by atoms with Crippen molar-refractivity contribution in [3.63, 3.8) is 0 Å². The van der Waals surface area contributed by atoms with Crippen LogP contribution in [0.15, 0.2) is 48.7 Å². The number of nitrogens with one attached hydrogen (secondary N) is 1. The van der Waals surface area contributed by atoms with Gasteiger partial charge in [-0.05, 0) is 65.9 Å². The molecule has 6 nitrogen and oxygen atoms in total. The largest absolute Gasteiger partial charge is 0.494 e. The molecule has 0 radical (unpaired) electrons. The zero-order chi connectivity index (χ0) is 22.7. The van der Waals surface area contributed by atoms with Gasteiger partial charge in [-0.2, -0.15) is 0 Å². The molecule has 0 atom stereocenters. The predicted octanol–water partition coefficient (Wildman–Crippen LogP) is 3.38. The fraction of sp³-hybridized carbons (Fsp3) is 0.250. The topological polar surface area (TPSA) is 74.7 Å². The minimum Gasteiger partial charge on any atom is -0.494 e. The molecule has 4 rings (SSSR count). The molecule has 8 heteroatoms. The molecular formula is C24H23F2N3O3. The second-order valence-electron chi connectivity index (χ2n) is 7.47. The molecule has 1 aromatic heterocycles. The van der Waals surface area contributed by atoms with E-state index < -0.39 is 17.5 Å². The highest BCUT2D eigenvalue weighted by atomic mass is 19.1. The summed E-state index contributed by atoms with van der Waals surface area (Å²) in [6.45, 7) is 0.386. The van der Waals surface area contributed by atoms with E-state index >= 15 is 0 Å². The number of anilines is 2. The van der Waals surface area contributed by atoms with E-state index in [4.69, 9.17) is 9.84 Å². The van der Waals surface area contributed by atoms with Crippen molar-refractivity contribution in [1.29, 1.82) is 0 Å². The third kappa shape index (κ3) is 4.27. The Hall–Kier alpha value is -3.52. The Balaban J connectivity index is 1.60. The van der Waals surface area contributed by atoms with Gasteiger partial charge in [0.25, 0.3) is 5.91 Å². The van der Waals surface area contributed by atoms with Crippen LogP contribution in [0.1, 0.15) is 27.0 Å². The molecule has 2 heterocycles. The lowest BCUT2D eigenvalue weighted by molar-refractivity contribution is 0.0940. The number of amides is 1. The Morgan fingerprint density at radius 2 is 1.97 bits per heavy atom. The summed E-state index contributed by atoms with van der Waals surface area (Å²) < 4.78 is 33.4. The van der Waals surface area contributed by atoms with E-state index in [1.54, 1.807) is 18.3 Å². The van der Waals surface area contributed by atoms with Crippen molar-refractivity contribution in [1.82, 2.24) is 10.3 Å². The van der Waals surface area contributed by atoms with Crippen LogP contribution in [-0.2, 0) is 12.8 Å². The first-order chi connectivity index (χ1) is 15.5. The van der Waals surface area contributed by atoms with Gasteiger partial charge in [-0.1, -0.05) is 6.07 Å². The zero-order valence-electron chi connectivity index (χ0n) is 17.6. The van der Waals surface area contributed by atoms with Crippen molar-refractivity contribution in [3.05, 3.63) is 82.5 Å². The van der Waals surface area contributed by atoms with Crippen LogP contribution in [0.3, 0.4) is 0 Å². The molecule has 3 aromatic rings. The standard InChI is InChI=1S/C24H23F2N3O3/c1-32-21-5-2-15(13-19(21)26)12-16-6-8-27-22(14-16)29-10-7-17-20(29)4-3-18(25)23(17)24(31)28-9-11-30/h2-6,8,13-14,30H,7,9-12H2,1H3,(H,28,31). The van der Waals surface area contributed by atoms with Crippen molar-refractivity contribution in [2.75, 3.05) is 31.7 Å². The molecule has 0 bridgehead atoms. The lowest BCUT2D eigenvalue weighted by Gasteiger charge is -2.20. The molecule has 166 valence electrons. The van der Waals surface area contributed by atoms with Gasteiger partial charge in [0.15, 0.2) is 11.6 Å². The van der Waals surface area contributed by atoms with Gasteiger partial charge in [-0.15, -0.1) is 0 Å². The molecule has 0 fully saturated rings. The van der Waals surface area contributed by atoms with Crippen LogP contribution in [0.2, 0.25) is 0 Å². The molecular weight excluding hydrogens is 416 g/mol. The normalized spacial score (nSPS) is 12.6. The van der Waals surface area contributed by atoms with Crippen molar-refractivity contribution < 1.29 is 23.4 Å². The van der Waals surface area contributed by atoms with Crippen molar-refractivity contribution >= 4 is 17.4 Å². The van der Waals surface area contributed by atoms with E-state index in [2.05, 4.69) is 10.3 Å². The number of hydrogen-bond acceptors (Lipinski definition) is 5. The molecule has 2 N–H and O–H groups in total. The Labute approximate surface area is 184 Å². The first kappa shape index (κ1) is 21.7. The van der Waals surface area contributed by atoms with Gasteiger partial charge >= 0.3 is 0 Å². The van der Waals surface area contributed by atoms with Crippen LogP contribution in [0.25, 0.3) is 0 Å². The quantitative estimate of drug-likeness (QED) is 0.591. The molecule has 0 unspecified atom stereocenters. The van der Waals surface area contributed by atoms with E-state index in [1.807, 2.05) is 23.1 Å². The Morgan fingerprint density at radius 3 is 2.72 bits per heavy atom. The van der Waals surface area contributed by atoms with E-state index in [0.29, 0.717) is 30.8 Å². The fourth-order valence-electron chi connectivity index (χ4n) is 3.97. The van der Waals surface area contributed by atoms with Crippen LogP contribution < -0.4 is 15.0 Å². The van der Waals surface area contributed by atoms with Gasteiger partial charge in [0, 0.05) is 25.0 Å². The summed E-state index contributed by atoms with van der Waals surface area (Å²) >= 11 is 0. The van der Waals surface area contributed by atoms with Crippen LogP contribution >= 0.6 is 0 Å². The van der Waals surface area contributed by atoms with Gasteiger partial charge in [0.2, 0.25) is 0 Å². The van der Waals surface area contributed by atoms with E-state index in [-0.39, 0.29) is 24.5 Å². The number of nitrogens with zero attached hydrogens (tertiary/aromatic N) is 2. The number of pyridine rings is 1. The van der Waals surface area contributed by atoms with Crippen LogP contribution in [-0.4, -0.2) is 42.8 Å². The Bertz CT molecular complexity index is 1150. The number of aromatic nitrogens is 1. The number of carbonyl (C=O) groups is 1. The molecule has 0 saturated carbocycles. The van der Waals surface area contributed by atoms with Crippen LogP contribution in [0.4, 0.5) is 20.3 Å². The fourth-order valence-corrected chi connectivity index (χ4v) is 3.97. The highest BCUT2D eigenvalue weighted by molar-refractivity contribution is 5.98. The summed E-state index contributed by atoms with van der Waals surface area (Å²) in [5, 5.41) is 11.5. The summed E-state index contributed by atoms with van der Waals surface area (Å²) in [5.74, 6) is -0.683. The van der Waals surface area contributed by atoms with E-state index in [0.717, 1.165) is 16.8 Å². The van der Waals surface area contributed by atoms with Gasteiger partial charge < -0.3 is 20.1 Å². The molecule has 0 aliphatic carbocycles. The number of benzene rings is 2. The summed E-state index contributed by atoms with van der Waals surface area (Å²) in [6, 6.07) is 11.6. The number of methoxy groups -OCH3 is 1. The molecule has 32 heavy (non-hydrogen) atoms. The Kier molecular flexibility index (Phi) is 6.32. The van der Waals surface area contributed by atoms with Gasteiger partial charge in [-0.25, -0.2) is 13.8 Å². The maximum absolute atomic E-state index is 14.4. The van der Waals surface area contributed by atoms with Crippen LogP contribution in [0.5, 0.6) is 5.75 Å². The maximum Gasteiger partial charge on any atom is 0.254 e. The number of hydrogen-bond donors (Lipinski definition) is 2. The molecule has 1 aliphatic rings. The summed E-state index contributed by atoms with van der Waals surface area (Å²) in [6.07, 6.45) is 2.68. The van der Waals surface area contributed by atoms with Gasteiger partial charge in [0.1, 0.15) is 11.6 Å². The van der Waals surface area contributed by atoms with Gasteiger partial charge in [-0.3, -0.25) is 4.79 Å². The van der Waals surface area contributed by atoms with Crippen molar-refractivity contribution in [2.24, 2.45) is 0 Å². The average molecular weight is 439 g/mol. The molecule has 1 amide bonds. The third-order valence-electron chi connectivity index (χ3n) is 5.45. The predicted molar refractivity (Wildman–Crippen MR) is 117 cm³/mol. The summed E-state index contributed by atoms with van der Waals surface area (Å²) in [7, 11) is 1.43. The first-order valence-corrected chi connectivity index (χ1v) is 10.3. The second kappa shape index (κ2) is 9.32. The molecule has 2 aromatic carbocycles. The minimum absolute atomic E-state index is 0.00307. The number of aliphatic hydroxyl groups is 1. The lowest BCUT2D eigenvalue weighted by atomic mass is 10.0. The molecule has 0 spiro atoms. The number of ether oxygens (including phenoxy) is 1. The highest BCUT2D eigenvalue weighted by Crippen LogP contribution is 2.37. The number of halogens is 2. The monoisotopic (exact) mass is 439 g/mol. The third-order valence-corrected chi connectivity index (χ3v) is 5.45. The second-order valence-corrected chi connectivity index (χ2v) is 7.47. The van der Waals surface area contributed by atoms with E-state index in [1.165, 1.54) is 19.2 Å². The summed E-state index contributed by atoms with van der Waals surface area (Å²) in [5.41, 5.74) is 3.08. The lowest BCUT2D eigenvalue weighted by Crippen LogP contribution is -2.28. The minimum atomic E-state index is -0.593. The SMILES string of the molecule is COc1ccc(Cc2ccnc(N3CCc4c3ccc(F)c4C(=O)NCCO)c2)cc1F. The maximum atomic E-state index is 14.4. The van der Waals surface area contributed by atoms with E-state index in [9.17, 15) is 13.6 Å². The highest BCUT2D eigenvalue weighted by Gasteiger charge is 2.28.